The molecule has 0 aliphatic carbocycles. The lowest BCUT2D eigenvalue weighted by atomic mass is 10.0. The maximum atomic E-state index is 13.7. The van der Waals surface area contributed by atoms with Crippen LogP contribution >= 0.6 is 0 Å². The van der Waals surface area contributed by atoms with E-state index in [1.165, 1.54) is 5.56 Å². The number of benzene rings is 1. The minimum atomic E-state index is -0.290. The summed E-state index contributed by atoms with van der Waals surface area (Å²) in [4.78, 5) is 38.8. The van der Waals surface area contributed by atoms with Gasteiger partial charge in [0.05, 0.1) is 18.9 Å². The number of amides is 1. The van der Waals surface area contributed by atoms with E-state index < -0.39 is 0 Å². The van der Waals surface area contributed by atoms with Gasteiger partial charge in [0, 0.05) is 80.1 Å². The van der Waals surface area contributed by atoms with Gasteiger partial charge in [-0.1, -0.05) is 24.3 Å². The minimum absolute atomic E-state index is 0.134. The predicted octanol–water partition coefficient (Wildman–Crippen LogP) is 4.13. The molecule has 4 heterocycles. The van der Waals surface area contributed by atoms with Crippen LogP contribution in [0.3, 0.4) is 0 Å². The largest absolute Gasteiger partial charge is 0.381 e. The van der Waals surface area contributed by atoms with Crippen molar-refractivity contribution in [1.29, 1.82) is 0 Å². The summed E-state index contributed by atoms with van der Waals surface area (Å²) in [5, 5.41) is 2.98. The lowest BCUT2D eigenvalue weighted by molar-refractivity contribution is 0.0342. The summed E-state index contributed by atoms with van der Waals surface area (Å²) >= 11 is 0. The Kier molecular flexibility index (Phi) is 9.72. The fourth-order valence-corrected chi connectivity index (χ4v) is 6.04. The fourth-order valence-electron chi connectivity index (χ4n) is 6.04. The van der Waals surface area contributed by atoms with Crippen molar-refractivity contribution < 1.29 is 14.3 Å². The van der Waals surface area contributed by atoms with Gasteiger partial charge in [0.2, 0.25) is 0 Å². The lowest BCUT2D eigenvalue weighted by Crippen LogP contribution is -2.40. The molecule has 2 aliphatic heterocycles. The van der Waals surface area contributed by atoms with Crippen LogP contribution in [0, 0.1) is 20.8 Å². The highest BCUT2D eigenvalue weighted by molar-refractivity contribution is 5.96. The van der Waals surface area contributed by atoms with Crippen LogP contribution in [-0.4, -0.2) is 72.9 Å². The Hall–Kier alpha value is -3.53. The number of aromatic nitrogens is 2. The number of pyridine rings is 2. The molecule has 9 heteroatoms. The topological polar surface area (TPSA) is 99.8 Å². The summed E-state index contributed by atoms with van der Waals surface area (Å²) in [5.41, 5.74) is 7.21. The minimum Gasteiger partial charge on any atom is -0.381 e. The van der Waals surface area contributed by atoms with E-state index in [2.05, 4.69) is 57.4 Å². The third kappa shape index (κ3) is 6.91. The van der Waals surface area contributed by atoms with Crippen LogP contribution < -0.4 is 15.8 Å². The van der Waals surface area contributed by atoms with E-state index >= 15 is 0 Å². The molecular formula is C33H43N5O4. The molecule has 224 valence electrons. The highest BCUT2D eigenvalue weighted by Gasteiger charge is 2.26. The van der Waals surface area contributed by atoms with Crippen molar-refractivity contribution in [2.24, 2.45) is 0 Å². The molecule has 0 radical (unpaired) electrons. The molecule has 2 saturated heterocycles. The second kappa shape index (κ2) is 13.6. The number of carbonyl (C=O) groups is 1. The Morgan fingerprint density at radius 3 is 2.40 bits per heavy atom. The van der Waals surface area contributed by atoms with E-state index in [0.717, 1.165) is 99.2 Å². The fraction of sp³-hybridized carbons (Fsp3) is 0.485. The normalized spacial score (nSPS) is 16.4. The molecule has 1 amide bonds. The van der Waals surface area contributed by atoms with Gasteiger partial charge in [0.1, 0.15) is 5.69 Å². The molecule has 9 nitrogen and oxygen atoms in total. The van der Waals surface area contributed by atoms with E-state index in [1.54, 1.807) is 0 Å². The first kappa shape index (κ1) is 29.9. The first-order chi connectivity index (χ1) is 20.3. The Labute approximate surface area is 248 Å². The van der Waals surface area contributed by atoms with E-state index in [1.807, 2.05) is 26.8 Å². The number of aryl methyl sites for hydroxylation is 2. The number of hydrogen-bond donors (Lipinski definition) is 2. The molecule has 0 bridgehead atoms. The van der Waals surface area contributed by atoms with Gasteiger partial charge in [-0.25, -0.2) is 4.98 Å². The van der Waals surface area contributed by atoms with Gasteiger partial charge in [-0.05, 0) is 63.8 Å². The summed E-state index contributed by atoms with van der Waals surface area (Å²) in [6, 6.07) is 12.9. The van der Waals surface area contributed by atoms with Gasteiger partial charge in [-0.3, -0.25) is 14.5 Å². The van der Waals surface area contributed by atoms with Gasteiger partial charge < -0.3 is 24.7 Å². The van der Waals surface area contributed by atoms with Gasteiger partial charge >= 0.3 is 0 Å². The van der Waals surface area contributed by atoms with Crippen molar-refractivity contribution in [2.45, 2.75) is 59.7 Å². The molecule has 0 saturated carbocycles. The van der Waals surface area contributed by atoms with E-state index in [-0.39, 0.29) is 18.0 Å². The van der Waals surface area contributed by atoms with Crippen LogP contribution in [0.5, 0.6) is 0 Å². The van der Waals surface area contributed by atoms with Crippen LogP contribution in [0.2, 0.25) is 0 Å². The van der Waals surface area contributed by atoms with Crippen molar-refractivity contribution in [3.05, 3.63) is 80.4 Å². The molecule has 3 aromatic rings. The molecule has 0 unspecified atom stereocenters. The van der Waals surface area contributed by atoms with Crippen LogP contribution in [-0.2, 0) is 22.6 Å². The first-order valence-corrected chi connectivity index (χ1v) is 15.1. The number of anilines is 1. The van der Waals surface area contributed by atoms with E-state index in [4.69, 9.17) is 14.5 Å². The van der Waals surface area contributed by atoms with Crippen molar-refractivity contribution in [3.8, 4) is 11.3 Å². The molecule has 2 aromatic heterocycles. The molecule has 0 spiro atoms. The molecule has 42 heavy (non-hydrogen) atoms. The van der Waals surface area contributed by atoms with Gasteiger partial charge in [-0.2, -0.15) is 0 Å². The lowest BCUT2D eigenvalue weighted by Gasteiger charge is -2.36. The van der Waals surface area contributed by atoms with Crippen molar-refractivity contribution in [1.82, 2.24) is 20.2 Å². The molecule has 0 atom stereocenters. The molecule has 2 aliphatic rings. The van der Waals surface area contributed by atoms with E-state index in [9.17, 15) is 9.59 Å². The third-order valence-electron chi connectivity index (χ3n) is 8.42. The Morgan fingerprint density at radius 2 is 1.74 bits per heavy atom. The van der Waals surface area contributed by atoms with Crippen LogP contribution in [0.1, 0.15) is 58.2 Å². The summed E-state index contributed by atoms with van der Waals surface area (Å²) in [6.07, 6.45) is 1.89. The monoisotopic (exact) mass is 573 g/mol. The Morgan fingerprint density at radius 1 is 1.05 bits per heavy atom. The SMILES string of the molecule is CCN(c1cc(-c2ccc(CN3CCOCC3)cc2)nc(C(=O)NCc2c(C)cc(C)[nH]c2=O)c1C)C1CCOCC1. The van der Waals surface area contributed by atoms with Gasteiger partial charge in [0.15, 0.2) is 0 Å². The molecule has 2 fully saturated rings. The molecular weight excluding hydrogens is 530 g/mol. The number of ether oxygens (including phenoxy) is 2. The van der Waals surface area contributed by atoms with Crippen LogP contribution in [0.15, 0.2) is 41.2 Å². The molecule has 2 N–H and O–H groups in total. The zero-order chi connectivity index (χ0) is 29.6. The Bertz CT molecular complexity index is 1440. The maximum Gasteiger partial charge on any atom is 0.270 e. The first-order valence-electron chi connectivity index (χ1n) is 15.1. The van der Waals surface area contributed by atoms with Crippen LogP contribution in [0.4, 0.5) is 5.69 Å². The summed E-state index contributed by atoms with van der Waals surface area (Å²) in [6.45, 7) is 14.6. The smallest absolute Gasteiger partial charge is 0.270 e. The molecule has 1 aromatic carbocycles. The van der Waals surface area contributed by atoms with Crippen LogP contribution in [0.25, 0.3) is 11.3 Å². The number of hydrogen-bond acceptors (Lipinski definition) is 7. The number of H-pyrrole nitrogens is 1. The number of nitrogens with zero attached hydrogens (tertiary/aromatic N) is 3. The van der Waals surface area contributed by atoms with Gasteiger partial charge in [-0.15, -0.1) is 0 Å². The number of nitrogens with one attached hydrogen (secondary N) is 2. The zero-order valence-corrected chi connectivity index (χ0v) is 25.3. The number of aromatic amines is 1. The summed E-state index contributed by atoms with van der Waals surface area (Å²) in [5.74, 6) is -0.290. The average molecular weight is 574 g/mol. The number of carbonyl (C=O) groups excluding carboxylic acids is 1. The number of morpholine rings is 1. The summed E-state index contributed by atoms with van der Waals surface area (Å²) in [7, 11) is 0. The van der Waals surface area contributed by atoms with Gasteiger partial charge in [0.25, 0.3) is 11.5 Å². The summed E-state index contributed by atoms with van der Waals surface area (Å²) < 4.78 is 11.1. The Balaban J connectivity index is 1.46. The van der Waals surface area contributed by atoms with Crippen molar-refractivity contribution >= 4 is 11.6 Å². The number of rotatable bonds is 9. The highest BCUT2D eigenvalue weighted by atomic mass is 16.5. The predicted molar refractivity (Wildman–Crippen MR) is 165 cm³/mol. The maximum absolute atomic E-state index is 13.7. The van der Waals surface area contributed by atoms with Crippen molar-refractivity contribution in [3.63, 3.8) is 0 Å². The molecule has 5 rings (SSSR count). The second-order valence-corrected chi connectivity index (χ2v) is 11.3. The zero-order valence-electron chi connectivity index (χ0n) is 25.3. The average Bonchev–Trinajstić information content (AvgIpc) is 2.99. The highest BCUT2D eigenvalue weighted by Crippen LogP contribution is 2.32. The van der Waals surface area contributed by atoms with E-state index in [0.29, 0.717) is 17.3 Å². The second-order valence-electron chi connectivity index (χ2n) is 11.3. The quantitative estimate of drug-likeness (QED) is 0.397. The standard InChI is InChI=1S/C33H43N5O4/c1-5-38(27-10-14-41-15-11-27)30-19-29(26-8-6-25(7-9-26)21-37-12-16-42-17-13-37)36-31(24(30)4)33(40)34-20-28-22(2)18-23(3)35-32(28)39/h6-9,18-19,27H,5,10-17,20-21H2,1-4H3,(H,34,40)(H,35,39). The third-order valence-corrected chi connectivity index (χ3v) is 8.42. The van der Waals surface area contributed by atoms with Crippen molar-refractivity contribution in [2.75, 3.05) is 51.0 Å².